The third kappa shape index (κ3) is 20.6. The molecule has 0 fully saturated rings. The van der Waals surface area contributed by atoms with Crippen LogP contribution >= 0.6 is 0 Å². The van der Waals surface area contributed by atoms with Gasteiger partial charge in [-0.05, 0) is 6.42 Å². The van der Waals surface area contributed by atoms with Crippen molar-refractivity contribution in [2.24, 2.45) is 0 Å². The molecule has 5 nitrogen and oxygen atoms in total. The quantitative estimate of drug-likeness (QED) is 0.239. The van der Waals surface area contributed by atoms with Crippen molar-refractivity contribution >= 4 is 53.8 Å². The second kappa shape index (κ2) is 15.5. The Morgan fingerprint density at radius 3 is 1.76 bits per heavy atom. The second-order valence-electron chi connectivity index (χ2n) is 5.13. The van der Waals surface area contributed by atoms with Crippen LogP contribution in [0.25, 0.3) is 0 Å². The van der Waals surface area contributed by atoms with Gasteiger partial charge in [-0.25, -0.2) is 0 Å². The molecule has 2 radical (unpaired) electrons. The molecule has 0 spiro atoms. The largest absolute Gasteiger partial charge is 0.465 e. The number of carbonyl (C=O) groups excluding carboxylic acids is 1. The van der Waals surface area contributed by atoms with Crippen LogP contribution in [0.4, 0.5) is 0 Å². The summed E-state index contributed by atoms with van der Waals surface area (Å²) in [6.07, 6.45) is 11.8. The topological polar surface area (TPSA) is 80.7 Å². The SMILES string of the molecule is CCCCCCCCCCCCOC(=O)CS(=O)(=O)O.[Ca]. The number of ether oxygens (including phenoxy) is 1. The molecule has 0 saturated heterocycles. The number of unbranched alkanes of at least 4 members (excludes halogenated alkanes) is 9. The molecule has 0 unspecified atom stereocenters. The van der Waals surface area contributed by atoms with Gasteiger partial charge in [-0.15, -0.1) is 0 Å². The molecule has 122 valence electrons. The molecule has 0 aromatic carbocycles. The molecule has 0 amide bonds. The summed E-state index contributed by atoms with van der Waals surface area (Å²) in [5.74, 6) is -1.84. The normalized spacial score (nSPS) is 11.0. The van der Waals surface area contributed by atoms with E-state index in [1.165, 1.54) is 44.9 Å². The Bertz CT molecular complexity index is 343. The first kappa shape index (κ1) is 23.9. The summed E-state index contributed by atoms with van der Waals surface area (Å²) in [6.45, 7) is 2.44. The van der Waals surface area contributed by atoms with Crippen LogP contribution in [0.1, 0.15) is 71.1 Å². The Morgan fingerprint density at radius 2 is 1.33 bits per heavy atom. The van der Waals surface area contributed by atoms with E-state index in [9.17, 15) is 13.2 Å². The van der Waals surface area contributed by atoms with Gasteiger partial charge >= 0.3 is 5.97 Å². The fraction of sp³-hybridized carbons (Fsp3) is 0.929. The summed E-state index contributed by atoms with van der Waals surface area (Å²) < 4.78 is 33.9. The molecule has 0 aliphatic rings. The minimum atomic E-state index is -4.26. The maximum absolute atomic E-state index is 11.0. The number of carbonyl (C=O) groups is 1. The van der Waals surface area contributed by atoms with Crippen LogP contribution in [0.15, 0.2) is 0 Å². The number of esters is 1. The summed E-state index contributed by atoms with van der Waals surface area (Å²) in [4.78, 5) is 11.0. The molecular weight excluding hydrogens is 320 g/mol. The van der Waals surface area contributed by atoms with E-state index in [2.05, 4.69) is 6.92 Å². The van der Waals surface area contributed by atoms with E-state index in [0.717, 1.165) is 19.3 Å². The number of hydrogen-bond acceptors (Lipinski definition) is 4. The van der Waals surface area contributed by atoms with Gasteiger partial charge in [0.2, 0.25) is 0 Å². The van der Waals surface area contributed by atoms with Crippen molar-refractivity contribution < 1.29 is 22.5 Å². The van der Waals surface area contributed by atoms with Crippen molar-refractivity contribution in [3.05, 3.63) is 0 Å². The minimum absolute atomic E-state index is 0. The van der Waals surface area contributed by atoms with Crippen LogP contribution < -0.4 is 0 Å². The molecule has 0 aromatic heterocycles. The van der Waals surface area contributed by atoms with Gasteiger partial charge in [0, 0.05) is 37.7 Å². The predicted octanol–water partition coefficient (Wildman–Crippen LogP) is 2.96. The molecular formula is C14H28CaO5S. The summed E-state index contributed by atoms with van der Waals surface area (Å²) in [7, 11) is -4.26. The van der Waals surface area contributed by atoms with Gasteiger partial charge in [-0.1, -0.05) is 64.7 Å². The fourth-order valence-electron chi connectivity index (χ4n) is 1.97. The van der Waals surface area contributed by atoms with Crippen LogP contribution in [0, 0.1) is 0 Å². The van der Waals surface area contributed by atoms with Crippen molar-refractivity contribution in [1.82, 2.24) is 0 Å². The van der Waals surface area contributed by atoms with Crippen LogP contribution in [-0.4, -0.2) is 69.0 Å². The van der Waals surface area contributed by atoms with E-state index in [1.807, 2.05) is 0 Å². The second-order valence-corrected chi connectivity index (χ2v) is 6.58. The van der Waals surface area contributed by atoms with Gasteiger partial charge in [0.25, 0.3) is 10.1 Å². The Morgan fingerprint density at radius 1 is 0.905 bits per heavy atom. The fourth-order valence-corrected chi connectivity index (χ4v) is 2.35. The molecule has 0 aromatic rings. The molecule has 21 heavy (non-hydrogen) atoms. The Balaban J connectivity index is 0. The Kier molecular flexibility index (Phi) is 17.7. The van der Waals surface area contributed by atoms with Gasteiger partial charge in [-0.3, -0.25) is 9.35 Å². The zero-order valence-electron chi connectivity index (χ0n) is 13.2. The monoisotopic (exact) mass is 348 g/mol. The molecule has 1 N–H and O–H groups in total. The van der Waals surface area contributed by atoms with Gasteiger partial charge < -0.3 is 4.74 Å². The number of hydrogen-bond donors (Lipinski definition) is 1. The summed E-state index contributed by atoms with van der Waals surface area (Å²) in [6, 6.07) is 0. The molecule has 0 bridgehead atoms. The van der Waals surface area contributed by atoms with Crippen molar-refractivity contribution in [3.63, 3.8) is 0 Å². The molecule has 0 aliphatic heterocycles. The van der Waals surface area contributed by atoms with E-state index in [1.54, 1.807) is 0 Å². The molecule has 0 heterocycles. The smallest absolute Gasteiger partial charge is 0.323 e. The summed E-state index contributed by atoms with van der Waals surface area (Å²) in [5.41, 5.74) is 0. The molecule has 0 atom stereocenters. The minimum Gasteiger partial charge on any atom is -0.465 e. The summed E-state index contributed by atoms with van der Waals surface area (Å²) in [5, 5.41) is 0. The standard InChI is InChI=1S/C14H28O5S.Ca/c1-2-3-4-5-6-7-8-9-10-11-12-19-14(15)13-20(16,17)18;/h2-13H2,1H3,(H,16,17,18);. The van der Waals surface area contributed by atoms with Gasteiger partial charge in [0.15, 0.2) is 5.75 Å². The van der Waals surface area contributed by atoms with Crippen molar-refractivity contribution in [2.75, 3.05) is 12.4 Å². The van der Waals surface area contributed by atoms with E-state index < -0.39 is 21.8 Å². The van der Waals surface area contributed by atoms with Crippen LogP contribution in [0.3, 0.4) is 0 Å². The van der Waals surface area contributed by atoms with E-state index >= 15 is 0 Å². The van der Waals surface area contributed by atoms with Crippen molar-refractivity contribution in [3.8, 4) is 0 Å². The predicted molar refractivity (Wildman–Crippen MR) is 85.0 cm³/mol. The maximum atomic E-state index is 11.0. The third-order valence-corrected chi connectivity index (χ3v) is 3.66. The average molecular weight is 349 g/mol. The zero-order valence-corrected chi connectivity index (χ0v) is 16.2. The first-order valence-corrected chi connectivity index (χ1v) is 9.17. The van der Waals surface area contributed by atoms with Crippen LogP contribution in [-0.2, 0) is 19.6 Å². The third-order valence-electron chi connectivity index (χ3n) is 3.06. The van der Waals surface area contributed by atoms with Crippen molar-refractivity contribution in [1.29, 1.82) is 0 Å². The Hall–Kier alpha value is 0.640. The van der Waals surface area contributed by atoms with Gasteiger partial charge in [-0.2, -0.15) is 8.42 Å². The Labute approximate surface area is 159 Å². The van der Waals surface area contributed by atoms with E-state index in [0.29, 0.717) is 0 Å². The van der Waals surface area contributed by atoms with E-state index in [4.69, 9.17) is 9.29 Å². The molecule has 0 saturated carbocycles. The molecule has 7 heteroatoms. The first-order valence-electron chi connectivity index (χ1n) is 7.56. The average Bonchev–Trinajstić information content (AvgIpc) is 2.34. The molecule has 0 rings (SSSR count). The summed E-state index contributed by atoms with van der Waals surface area (Å²) >= 11 is 0. The number of rotatable bonds is 13. The van der Waals surface area contributed by atoms with Gasteiger partial charge in [0.1, 0.15) is 0 Å². The van der Waals surface area contributed by atoms with Crippen LogP contribution in [0.2, 0.25) is 0 Å². The first-order chi connectivity index (χ1) is 9.45. The van der Waals surface area contributed by atoms with E-state index in [-0.39, 0.29) is 44.3 Å². The maximum Gasteiger partial charge on any atom is 0.323 e. The zero-order chi connectivity index (χ0) is 15.3. The molecule has 0 aliphatic carbocycles. The van der Waals surface area contributed by atoms with Gasteiger partial charge in [0.05, 0.1) is 6.61 Å². The van der Waals surface area contributed by atoms with Crippen LogP contribution in [0.5, 0.6) is 0 Å². The van der Waals surface area contributed by atoms with Crippen molar-refractivity contribution in [2.45, 2.75) is 71.1 Å².